The second-order valence-corrected chi connectivity index (χ2v) is 8.80. The summed E-state index contributed by atoms with van der Waals surface area (Å²) in [7, 11) is 0. The zero-order valence-corrected chi connectivity index (χ0v) is 18.1. The van der Waals surface area contributed by atoms with Crippen LogP contribution in [-0.2, 0) is 17.6 Å². The van der Waals surface area contributed by atoms with E-state index in [-0.39, 0.29) is 12.2 Å². The van der Waals surface area contributed by atoms with Gasteiger partial charge in [-0.2, -0.15) is 0 Å². The smallest absolute Gasteiger partial charge is 0.0647 e. The first-order chi connectivity index (χ1) is 12.9. The molecule has 0 aliphatic rings. The minimum atomic E-state index is 0.238. The maximum absolute atomic E-state index is 6.90. The third-order valence-electron chi connectivity index (χ3n) is 6.19. The fraction of sp³-hybridized carbons (Fsp3) is 0.538. The molecular formula is C26H38O. The quantitative estimate of drug-likeness (QED) is 0.449. The molecule has 148 valence electrons. The van der Waals surface area contributed by atoms with Crippen LogP contribution in [0.15, 0.2) is 60.7 Å². The lowest BCUT2D eigenvalue weighted by molar-refractivity contribution is -0.0772. The molecule has 0 aromatic heterocycles. The van der Waals surface area contributed by atoms with Gasteiger partial charge in [0.15, 0.2) is 0 Å². The molecule has 1 nitrogen and oxygen atoms in total. The number of ether oxygens (including phenoxy) is 1. The Labute approximate surface area is 167 Å². The third kappa shape index (κ3) is 6.81. The van der Waals surface area contributed by atoms with Crippen molar-refractivity contribution in [3.8, 4) is 0 Å². The van der Waals surface area contributed by atoms with Crippen molar-refractivity contribution in [1.29, 1.82) is 0 Å². The van der Waals surface area contributed by atoms with Crippen molar-refractivity contribution in [2.24, 2.45) is 23.7 Å². The second kappa shape index (κ2) is 10.7. The largest absolute Gasteiger partial charge is 0.374 e. The Kier molecular flexibility index (Phi) is 8.57. The minimum Gasteiger partial charge on any atom is -0.374 e. The summed E-state index contributed by atoms with van der Waals surface area (Å²) in [6, 6.07) is 21.6. The third-order valence-corrected chi connectivity index (χ3v) is 6.19. The molecule has 0 aliphatic carbocycles. The number of hydrogen-bond donors (Lipinski definition) is 0. The maximum atomic E-state index is 6.90. The summed E-state index contributed by atoms with van der Waals surface area (Å²) < 4.78 is 6.90. The molecule has 0 spiro atoms. The summed E-state index contributed by atoms with van der Waals surface area (Å²) in [5.41, 5.74) is 2.73. The normalized spacial score (nSPS) is 16.3. The molecule has 0 N–H and O–H groups in total. The van der Waals surface area contributed by atoms with Gasteiger partial charge in [0.25, 0.3) is 0 Å². The highest BCUT2D eigenvalue weighted by molar-refractivity contribution is 5.17. The van der Waals surface area contributed by atoms with E-state index in [9.17, 15) is 0 Å². The van der Waals surface area contributed by atoms with Crippen LogP contribution in [0.2, 0.25) is 0 Å². The molecule has 0 saturated carbocycles. The van der Waals surface area contributed by atoms with Crippen LogP contribution in [0.25, 0.3) is 0 Å². The summed E-state index contributed by atoms with van der Waals surface area (Å²) >= 11 is 0. The Hall–Kier alpha value is -1.60. The lowest BCUT2D eigenvalue weighted by Crippen LogP contribution is -2.37. The van der Waals surface area contributed by atoms with Gasteiger partial charge in [0.05, 0.1) is 12.2 Å². The van der Waals surface area contributed by atoms with Crippen LogP contribution in [0.5, 0.6) is 0 Å². The van der Waals surface area contributed by atoms with Crippen molar-refractivity contribution in [3.63, 3.8) is 0 Å². The standard InChI is InChI=1S/C26H38O/c1-19(2)21(5)25(17-23-13-9-7-10-14-23)27-26(22(6)20(3)4)18-24-15-11-8-12-16-24/h7-16,19-22,25-26H,17-18H2,1-6H3. The van der Waals surface area contributed by atoms with Gasteiger partial charge in [-0.15, -0.1) is 0 Å². The van der Waals surface area contributed by atoms with E-state index in [2.05, 4.69) is 102 Å². The molecular weight excluding hydrogens is 328 g/mol. The van der Waals surface area contributed by atoms with Gasteiger partial charge in [0.1, 0.15) is 0 Å². The molecule has 0 fully saturated rings. The molecule has 0 aliphatic heterocycles. The molecule has 27 heavy (non-hydrogen) atoms. The molecule has 0 amide bonds. The highest BCUT2D eigenvalue weighted by Gasteiger charge is 2.29. The van der Waals surface area contributed by atoms with Crippen molar-refractivity contribution in [1.82, 2.24) is 0 Å². The van der Waals surface area contributed by atoms with Gasteiger partial charge < -0.3 is 4.74 Å². The molecule has 0 bridgehead atoms. The molecule has 2 rings (SSSR count). The fourth-order valence-electron chi connectivity index (χ4n) is 3.49. The Morgan fingerprint density at radius 2 is 0.889 bits per heavy atom. The predicted molar refractivity (Wildman–Crippen MR) is 117 cm³/mol. The topological polar surface area (TPSA) is 9.23 Å². The monoisotopic (exact) mass is 366 g/mol. The molecule has 2 aromatic carbocycles. The molecule has 1 heteroatoms. The van der Waals surface area contributed by atoms with Gasteiger partial charge in [-0.1, -0.05) is 102 Å². The zero-order chi connectivity index (χ0) is 19.8. The first kappa shape index (κ1) is 21.7. The fourth-order valence-corrected chi connectivity index (χ4v) is 3.49. The first-order valence-corrected chi connectivity index (χ1v) is 10.6. The summed E-state index contributed by atoms with van der Waals surface area (Å²) in [6.45, 7) is 13.9. The van der Waals surface area contributed by atoms with E-state index < -0.39 is 0 Å². The van der Waals surface area contributed by atoms with Crippen molar-refractivity contribution in [2.75, 3.05) is 0 Å². The van der Waals surface area contributed by atoms with Crippen LogP contribution in [0.4, 0.5) is 0 Å². The molecule has 0 radical (unpaired) electrons. The Balaban J connectivity index is 2.21. The number of benzene rings is 2. The summed E-state index contributed by atoms with van der Waals surface area (Å²) in [6.07, 6.45) is 2.44. The average Bonchev–Trinajstić information content (AvgIpc) is 2.67. The van der Waals surface area contributed by atoms with Crippen molar-refractivity contribution in [3.05, 3.63) is 71.8 Å². The van der Waals surface area contributed by atoms with Crippen LogP contribution in [0.3, 0.4) is 0 Å². The lowest BCUT2D eigenvalue weighted by Gasteiger charge is -2.35. The van der Waals surface area contributed by atoms with E-state index in [1.807, 2.05) is 0 Å². The second-order valence-electron chi connectivity index (χ2n) is 8.80. The molecule has 0 saturated heterocycles. The lowest BCUT2D eigenvalue weighted by atomic mass is 9.85. The number of rotatable bonds is 10. The van der Waals surface area contributed by atoms with Crippen LogP contribution >= 0.6 is 0 Å². The van der Waals surface area contributed by atoms with Crippen LogP contribution in [0.1, 0.15) is 52.7 Å². The molecule has 0 heterocycles. The van der Waals surface area contributed by atoms with Crippen molar-refractivity contribution in [2.45, 2.75) is 66.6 Å². The van der Waals surface area contributed by atoms with Crippen LogP contribution < -0.4 is 0 Å². The SMILES string of the molecule is CC(C)C(C)C(Cc1ccccc1)OC(Cc1ccccc1)C(C)C(C)C. The van der Waals surface area contributed by atoms with E-state index >= 15 is 0 Å². The molecule has 2 aromatic rings. The van der Waals surface area contributed by atoms with Gasteiger partial charge in [0.2, 0.25) is 0 Å². The maximum Gasteiger partial charge on any atom is 0.0647 e. The summed E-state index contributed by atoms with van der Waals surface area (Å²) in [5, 5.41) is 0. The van der Waals surface area contributed by atoms with Crippen LogP contribution in [-0.4, -0.2) is 12.2 Å². The number of hydrogen-bond acceptors (Lipinski definition) is 1. The van der Waals surface area contributed by atoms with Gasteiger partial charge in [-0.25, -0.2) is 0 Å². The van der Waals surface area contributed by atoms with Gasteiger partial charge in [-0.05, 0) is 47.6 Å². The molecule has 4 atom stereocenters. The van der Waals surface area contributed by atoms with Crippen LogP contribution in [0, 0.1) is 23.7 Å². The Morgan fingerprint density at radius 1 is 0.556 bits per heavy atom. The highest BCUT2D eigenvalue weighted by atomic mass is 16.5. The molecule has 4 unspecified atom stereocenters. The van der Waals surface area contributed by atoms with Crippen molar-refractivity contribution < 1.29 is 4.74 Å². The van der Waals surface area contributed by atoms with Gasteiger partial charge >= 0.3 is 0 Å². The van der Waals surface area contributed by atoms with Gasteiger partial charge in [0, 0.05) is 0 Å². The zero-order valence-electron chi connectivity index (χ0n) is 18.1. The Morgan fingerprint density at radius 3 is 1.19 bits per heavy atom. The predicted octanol–water partition coefficient (Wildman–Crippen LogP) is 6.81. The summed E-state index contributed by atoms with van der Waals surface area (Å²) in [5.74, 6) is 2.24. The van der Waals surface area contributed by atoms with Crippen molar-refractivity contribution >= 4 is 0 Å². The van der Waals surface area contributed by atoms with E-state index in [4.69, 9.17) is 4.74 Å². The van der Waals surface area contributed by atoms with E-state index in [1.165, 1.54) is 11.1 Å². The van der Waals surface area contributed by atoms with E-state index in [0.29, 0.717) is 23.7 Å². The highest BCUT2D eigenvalue weighted by Crippen LogP contribution is 2.28. The van der Waals surface area contributed by atoms with E-state index in [0.717, 1.165) is 12.8 Å². The summed E-state index contributed by atoms with van der Waals surface area (Å²) in [4.78, 5) is 0. The first-order valence-electron chi connectivity index (χ1n) is 10.6. The van der Waals surface area contributed by atoms with Gasteiger partial charge in [-0.3, -0.25) is 0 Å². The minimum absolute atomic E-state index is 0.238. The van der Waals surface area contributed by atoms with E-state index in [1.54, 1.807) is 0 Å². The Bertz CT molecular complexity index is 574. The average molecular weight is 367 g/mol.